The SMILES string of the molecule is C1CC2(CCOO2)CN1. The van der Waals surface area contributed by atoms with Crippen LogP contribution in [0.5, 0.6) is 0 Å². The first-order valence-corrected chi connectivity index (χ1v) is 3.43. The van der Waals surface area contributed by atoms with Gasteiger partial charge in [0, 0.05) is 13.0 Å². The van der Waals surface area contributed by atoms with Gasteiger partial charge in [-0.1, -0.05) is 0 Å². The van der Waals surface area contributed by atoms with Crippen molar-refractivity contribution in [2.75, 3.05) is 19.7 Å². The number of hydrogen-bond donors (Lipinski definition) is 1. The summed E-state index contributed by atoms with van der Waals surface area (Å²) in [5.74, 6) is 0. The van der Waals surface area contributed by atoms with Gasteiger partial charge in [0.2, 0.25) is 0 Å². The van der Waals surface area contributed by atoms with Gasteiger partial charge in [-0.3, -0.25) is 0 Å². The van der Waals surface area contributed by atoms with Crippen LogP contribution in [0, 0.1) is 0 Å². The molecule has 0 aromatic rings. The highest BCUT2D eigenvalue weighted by atomic mass is 17.2. The minimum Gasteiger partial charge on any atom is -0.314 e. The van der Waals surface area contributed by atoms with E-state index in [-0.39, 0.29) is 5.60 Å². The molecule has 3 nitrogen and oxygen atoms in total. The maximum atomic E-state index is 5.14. The molecule has 0 bridgehead atoms. The molecule has 0 amide bonds. The highest BCUT2D eigenvalue weighted by Gasteiger charge is 2.39. The Morgan fingerprint density at radius 3 is 2.89 bits per heavy atom. The molecule has 1 unspecified atom stereocenters. The Labute approximate surface area is 54.3 Å². The lowest BCUT2D eigenvalue weighted by Crippen LogP contribution is -2.29. The van der Waals surface area contributed by atoms with Crippen LogP contribution in [-0.2, 0) is 9.78 Å². The van der Waals surface area contributed by atoms with E-state index in [4.69, 9.17) is 9.78 Å². The van der Waals surface area contributed by atoms with E-state index < -0.39 is 0 Å². The van der Waals surface area contributed by atoms with Crippen LogP contribution >= 0.6 is 0 Å². The standard InChI is InChI=1S/C6H11NO2/c1-3-7-5-6(1)2-4-8-9-6/h7H,1-5H2. The van der Waals surface area contributed by atoms with Gasteiger partial charge in [-0.2, -0.15) is 0 Å². The zero-order valence-electron chi connectivity index (χ0n) is 5.35. The van der Waals surface area contributed by atoms with Crippen molar-refractivity contribution in [2.24, 2.45) is 0 Å². The fraction of sp³-hybridized carbons (Fsp3) is 1.00. The van der Waals surface area contributed by atoms with E-state index >= 15 is 0 Å². The largest absolute Gasteiger partial charge is 0.314 e. The molecule has 52 valence electrons. The quantitative estimate of drug-likeness (QED) is 0.469. The van der Waals surface area contributed by atoms with Crippen molar-refractivity contribution in [1.29, 1.82) is 0 Å². The minimum atomic E-state index is 0.0556. The summed E-state index contributed by atoms with van der Waals surface area (Å²) in [6, 6.07) is 0. The first kappa shape index (κ1) is 5.65. The molecule has 2 aliphatic heterocycles. The van der Waals surface area contributed by atoms with Gasteiger partial charge in [0.05, 0.1) is 6.61 Å². The zero-order valence-corrected chi connectivity index (χ0v) is 5.35. The highest BCUT2D eigenvalue weighted by molar-refractivity contribution is 4.90. The molecule has 2 heterocycles. The fourth-order valence-electron chi connectivity index (χ4n) is 1.44. The first-order valence-electron chi connectivity index (χ1n) is 3.43. The summed E-state index contributed by atoms with van der Waals surface area (Å²) in [4.78, 5) is 9.98. The van der Waals surface area contributed by atoms with Gasteiger partial charge < -0.3 is 5.32 Å². The molecule has 2 fully saturated rings. The molecule has 1 N–H and O–H groups in total. The second-order valence-electron chi connectivity index (χ2n) is 2.77. The van der Waals surface area contributed by atoms with Crippen LogP contribution in [0.1, 0.15) is 12.8 Å². The van der Waals surface area contributed by atoms with Crippen LogP contribution in [0.4, 0.5) is 0 Å². The average Bonchev–Trinajstić information content (AvgIpc) is 2.45. The summed E-state index contributed by atoms with van der Waals surface area (Å²) in [6.07, 6.45) is 2.16. The second kappa shape index (κ2) is 1.94. The summed E-state index contributed by atoms with van der Waals surface area (Å²) >= 11 is 0. The van der Waals surface area contributed by atoms with E-state index in [1.54, 1.807) is 0 Å². The van der Waals surface area contributed by atoms with Gasteiger partial charge in [-0.15, -0.1) is 0 Å². The van der Waals surface area contributed by atoms with Gasteiger partial charge in [-0.25, -0.2) is 9.78 Å². The molecule has 2 rings (SSSR count). The number of rotatable bonds is 0. The molecule has 0 aromatic heterocycles. The molecule has 2 saturated heterocycles. The Balaban J connectivity index is 2.04. The molecule has 1 spiro atoms. The molecule has 0 aliphatic carbocycles. The Morgan fingerprint density at radius 2 is 2.33 bits per heavy atom. The summed E-state index contributed by atoms with van der Waals surface area (Å²) in [7, 11) is 0. The number of nitrogens with one attached hydrogen (secondary N) is 1. The molecule has 0 aromatic carbocycles. The molecular formula is C6H11NO2. The minimum absolute atomic E-state index is 0.0556. The third-order valence-corrected chi connectivity index (χ3v) is 2.08. The van der Waals surface area contributed by atoms with Gasteiger partial charge in [0.25, 0.3) is 0 Å². The predicted molar refractivity (Wildman–Crippen MR) is 31.9 cm³/mol. The van der Waals surface area contributed by atoms with Crippen LogP contribution in [0.15, 0.2) is 0 Å². The first-order chi connectivity index (χ1) is 4.41. The van der Waals surface area contributed by atoms with Gasteiger partial charge in [0.15, 0.2) is 0 Å². The van der Waals surface area contributed by atoms with Crippen LogP contribution in [0.2, 0.25) is 0 Å². The van der Waals surface area contributed by atoms with E-state index in [0.717, 1.165) is 32.5 Å². The summed E-state index contributed by atoms with van der Waals surface area (Å²) in [5, 5.41) is 3.25. The Morgan fingerprint density at radius 1 is 1.33 bits per heavy atom. The second-order valence-corrected chi connectivity index (χ2v) is 2.77. The van der Waals surface area contributed by atoms with Crippen molar-refractivity contribution in [3.8, 4) is 0 Å². The molecule has 0 saturated carbocycles. The van der Waals surface area contributed by atoms with Gasteiger partial charge in [0.1, 0.15) is 5.60 Å². The molecule has 2 aliphatic rings. The van der Waals surface area contributed by atoms with Crippen molar-refractivity contribution in [3.63, 3.8) is 0 Å². The smallest absolute Gasteiger partial charge is 0.119 e. The Hall–Kier alpha value is -0.120. The maximum absolute atomic E-state index is 5.14. The number of hydrogen-bond acceptors (Lipinski definition) is 3. The predicted octanol–water partition coefficient (Wildman–Crippen LogP) is 0.0704. The van der Waals surface area contributed by atoms with Crippen LogP contribution in [0.3, 0.4) is 0 Å². The van der Waals surface area contributed by atoms with Gasteiger partial charge >= 0.3 is 0 Å². The molecule has 0 radical (unpaired) electrons. The molecule has 1 atom stereocenters. The van der Waals surface area contributed by atoms with E-state index in [9.17, 15) is 0 Å². The van der Waals surface area contributed by atoms with Crippen LogP contribution < -0.4 is 5.32 Å². The zero-order chi connectivity index (χ0) is 6.16. The summed E-state index contributed by atoms with van der Waals surface area (Å²) in [6.45, 7) is 2.80. The normalized spacial score (nSPS) is 42.7. The Kier molecular flexibility index (Phi) is 1.22. The van der Waals surface area contributed by atoms with E-state index in [1.807, 2.05) is 0 Å². The fourth-order valence-corrected chi connectivity index (χ4v) is 1.44. The third-order valence-electron chi connectivity index (χ3n) is 2.08. The van der Waals surface area contributed by atoms with Crippen LogP contribution in [0.25, 0.3) is 0 Å². The third kappa shape index (κ3) is 0.852. The molecule has 9 heavy (non-hydrogen) atoms. The monoisotopic (exact) mass is 129 g/mol. The van der Waals surface area contributed by atoms with E-state index in [1.165, 1.54) is 0 Å². The lowest BCUT2D eigenvalue weighted by molar-refractivity contribution is -0.303. The highest BCUT2D eigenvalue weighted by Crippen LogP contribution is 2.28. The molecular weight excluding hydrogens is 118 g/mol. The lowest BCUT2D eigenvalue weighted by Gasteiger charge is -2.15. The van der Waals surface area contributed by atoms with Gasteiger partial charge in [-0.05, 0) is 13.0 Å². The Bertz CT molecular complexity index is 86.1. The van der Waals surface area contributed by atoms with Crippen molar-refractivity contribution in [3.05, 3.63) is 0 Å². The topological polar surface area (TPSA) is 30.5 Å². The van der Waals surface area contributed by atoms with E-state index in [2.05, 4.69) is 5.32 Å². The molecule has 3 heteroatoms. The average molecular weight is 129 g/mol. The van der Waals surface area contributed by atoms with Crippen molar-refractivity contribution < 1.29 is 9.78 Å². The van der Waals surface area contributed by atoms with Crippen molar-refractivity contribution in [2.45, 2.75) is 18.4 Å². The van der Waals surface area contributed by atoms with Crippen molar-refractivity contribution in [1.82, 2.24) is 5.32 Å². The van der Waals surface area contributed by atoms with Crippen molar-refractivity contribution >= 4 is 0 Å². The van der Waals surface area contributed by atoms with Crippen LogP contribution in [-0.4, -0.2) is 25.3 Å². The van der Waals surface area contributed by atoms with E-state index in [0.29, 0.717) is 0 Å². The maximum Gasteiger partial charge on any atom is 0.119 e. The summed E-state index contributed by atoms with van der Waals surface area (Å²) < 4.78 is 0. The summed E-state index contributed by atoms with van der Waals surface area (Å²) in [5.41, 5.74) is 0.0556. The lowest BCUT2D eigenvalue weighted by atomic mass is 10.0.